The van der Waals surface area contributed by atoms with E-state index in [4.69, 9.17) is 9.47 Å². The first-order valence-electron chi connectivity index (χ1n) is 3.01. The lowest BCUT2D eigenvalue weighted by molar-refractivity contribution is -0.171. The number of hydrogen-bond donors (Lipinski definition) is 0. The molecule has 0 saturated carbocycles. The molecule has 3 heteroatoms. The number of carbonyl (C=O) groups is 1. The Morgan fingerprint density at radius 1 is 1.40 bits per heavy atom. The highest BCUT2D eigenvalue weighted by Gasteiger charge is 2.24. The van der Waals surface area contributed by atoms with Crippen LogP contribution in [0, 0.1) is 6.42 Å². The van der Waals surface area contributed by atoms with Crippen LogP contribution in [0.4, 0.5) is 0 Å². The van der Waals surface area contributed by atoms with Crippen LogP contribution in [0.3, 0.4) is 0 Å². The van der Waals surface area contributed by atoms with Gasteiger partial charge in [-0.2, -0.15) is 0 Å². The molecule has 0 atom stereocenters. The Morgan fingerprint density at radius 3 is 1.90 bits per heavy atom. The SMILES string of the molecule is COC(C)([CH]C(C)=O)OC. The molecule has 0 aromatic heterocycles. The first-order valence-corrected chi connectivity index (χ1v) is 3.01. The number of Topliss-reactive ketones (excluding diaryl/α,β-unsaturated/α-hetero) is 1. The van der Waals surface area contributed by atoms with Gasteiger partial charge in [0.15, 0.2) is 5.79 Å². The third kappa shape index (κ3) is 2.94. The summed E-state index contributed by atoms with van der Waals surface area (Å²) in [6.07, 6.45) is 1.38. The Morgan fingerprint density at radius 2 is 1.80 bits per heavy atom. The van der Waals surface area contributed by atoms with Crippen LogP contribution < -0.4 is 0 Å². The van der Waals surface area contributed by atoms with Gasteiger partial charge < -0.3 is 9.47 Å². The molecule has 0 N–H and O–H groups in total. The summed E-state index contributed by atoms with van der Waals surface area (Å²) in [6, 6.07) is 0. The maximum absolute atomic E-state index is 10.6. The summed E-state index contributed by atoms with van der Waals surface area (Å²) in [4.78, 5) is 10.6. The zero-order chi connectivity index (χ0) is 8.20. The molecule has 0 spiro atoms. The lowest BCUT2D eigenvalue weighted by Gasteiger charge is -2.24. The molecule has 0 aliphatic carbocycles. The topological polar surface area (TPSA) is 35.5 Å². The fraction of sp³-hybridized carbons (Fsp3) is 0.714. The van der Waals surface area contributed by atoms with Crippen molar-refractivity contribution in [2.24, 2.45) is 0 Å². The van der Waals surface area contributed by atoms with Gasteiger partial charge in [0.2, 0.25) is 0 Å². The van der Waals surface area contributed by atoms with Crippen molar-refractivity contribution >= 4 is 5.78 Å². The zero-order valence-corrected chi connectivity index (χ0v) is 6.80. The Hall–Kier alpha value is -0.410. The molecule has 0 bridgehead atoms. The number of hydrogen-bond acceptors (Lipinski definition) is 3. The fourth-order valence-electron chi connectivity index (χ4n) is 0.570. The van der Waals surface area contributed by atoms with Gasteiger partial charge in [0.05, 0.1) is 6.42 Å². The fourth-order valence-corrected chi connectivity index (χ4v) is 0.570. The van der Waals surface area contributed by atoms with Crippen LogP contribution in [0.25, 0.3) is 0 Å². The van der Waals surface area contributed by atoms with Gasteiger partial charge in [-0.05, 0) is 13.8 Å². The van der Waals surface area contributed by atoms with Crippen molar-refractivity contribution in [1.29, 1.82) is 0 Å². The second kappa shape index (κ2) is 3.68. The van der Waals surface area contributed by atoms with Gasteiger partial charge in [-0.15, -0.1) is 0 Å². The third-order valence-electron chi connectivity index (χ3n) is 1.28. The van der Waals surface area contributed by atoms with Crippen molar-refractivity contribution in [2.75, 3.05) is 14.2 Å². The minimum atomic E-state index is -0.869. The molecular formula is C7H13O3. The Balaban J connectivity index is 3.92. The molecule has 3 nitrogen and oxygen atoms in total. The molecule has 0 rings (SSSR count). The van der Waals surface area contributed by atoms with Crippen LogP contribution in [-0.2, 0) is 14.3 Å². The first kappa shape index (κ1) is 9.59. The van der Waals surface area contributed by atoms with Crippen LogP contribution >= 0.6 is 0 Å². The van der Waals surface area contributed by atoms with Crippen molar-refractivity contribution in [3.05, 3.63) is 6.42 Å². The summed E-state index contributed by atoms with van der Waals surface area (Å²) >= 11 is 0. The number of ketones is 1. The minimum Gasteiger partial charge on any atom is -0.353 e. The van der Waals surface area contributed by atoms with E-state index in [1.807, 2.05) is 0 Å². The van der Waals surface area contributed by atoms with E-state index in [9.17, 15) is 4.79 Å². The number of ether oxygens (including phenoxy) is 2. The standard InChI is InChI=1S/C7H13O3/c1-6(8)5-7(2,9-3)10-4/h5H,1-4H3. The van der Waals surface area contributed by atoms with Gasteiger partial charge >= 0.3 is 0 Å². The summed E-state index contributed by atoms with van der Waals surface area (Å²) in [5, 5.41) is 0. The Kier molecular flexibility index (Phi) is 3.53. The van der Waals surface area contributed by atoms with Gasteiger partial charge in [-0.3, -0.25) is 4.79 Å². The van der Waals surface area contributed by atoms with Gasteiger partial charge in [0.25, 0.3) is 0 Å². The highest BCUT2D eigenvalue weighted by atomic mass is 16.7. The Bertz CT molecular complexity index is 116. The van der Waals surface area contributed by atoms with E-state index in [1.54, 1.807) is 6.92 Å². The Labute approximate surface area is 61.3 Å². The second-order valence-corrected chi connectivity index (χ2v) is 2.18. The third-order valence-corrected chi connectivity index (χ3v) is 1.28. The van der Waals surface area contributed by atoms with E-state index in [1.165, 1.54) is 27.6 Å². The van der Waals surface area contributed by atoms with Gasteiger partial charge in [0, 0.05) is 14.2 Å². The van der Waals surface area contributed by atoms with Crippen molar-refractivity contribution in [1.82, 2.24) is 0 Å². The van der Waals surface area contributed by atoms with Crippen LogP contribution in [0.15, 0.2) is 0 Å². The molecule has 0 aromatic rings. The first-order chi connectivity index (χ1) is 4.54. The summed E-state index contributed by atoms with van der Waals surface area (Å²) in [5.74, 6) is -0.933. The molecule has 1 radical (unpaired) electrons. The highest BCUT2D eigenvalue weighted by molar-refractivity contribution is 5.85. The van der Waals surface area contributed by atoms with Crippen LogP contribution in [0.2, 0.25) is 0 Å². The molecule has 0 saturated heterocycles. The van der Waals surface area contributed by atoms with E-state index in [0.717, 1.165) is 0 Å². The summed E-state index contributed by atoms with van der Waals surface area (Å²) in [5.41, 5.74) is 0. The zero-order valence-electron chi connectivity index (χ0n) is 6.80. The molecule has 0 unspecified atom stereocenters. The number of carbonyl (C=O) groups excluding carboxylic acids is 1. The quantitative estimate of drug-likeness (QED) is 0.548. The maximum Gasteiger partial charge on any atom is 0.175 e. The largest absolute Gasteiger partial charge is 0.353 e. The average molecular weight is 145 g/mol. The molecule has 0 amide bonds. The average Bonchev–Trinajstić information content (AvgIpc) is 1.87. The van der Waals surface area contributed by atoms with Gasteiger partial charge in [-0.1, -0.05) is 0 Å². The maximum atomic E-state index is 10.6. The molecule has 0 aromatic carbocycles. The second-order valence-electron chi connectivity index (χ2n) is 2.18. The molecular weight excluding hydrogens is 132 g/mol. The molecule has 10 heavy (non-hydrogen) atoms. The van der Waals surface area contributed by atoms with E-state index in [0.29, 0.717) is 0 Å². The van der Waals surface area contributed by atoms with Gasteiger partial charge in [-0.25, -0.2) is 0 Å². The minimum absolute atomic E-state index is 0.0637. The van der Waals surface area contributed by atoms with E-state index in [2.05, 4.69) is 0 Å². The van der Waals surface area contributed by atoms with Crippen molar-refractivity contribution in [3.8, 4) is 0 Å². The van der Waals surface area contributed by atoms with Crippen LogP contribution in [0.5, 0.6) is 0 Å². The van der Waals surface area contributed by atoms with Crippen LogP contribution in [0.1, 0.15) is 13.8 Å². The monoisotopic (exact) mass is 145 g/mol. The molecule has 0 aliphatic heterocycles. The molecule has 0 fully saturated rings. The summed E-state index contributed by atoms with van der Waals surface area (Å²) in [7, 11) is 2.98. The molecule has 0 heterocycles. The summed E-state index contributed by atoms with van der Waals surface area (Å²) in [6.45, 7) is 3.13. The predicted octanol–water partition coefficient (Wildman–Crippen LogP) is 0.789. The van der Waals surface area contributed by atoms with Crippen molar-refractivity contribution in [2.45, 2.75) is 19.6 Å². The lowest BCUT2D eigenvalue weighted by Crippen LogP contribution is -2.32. The lowest BCUT2D eigenvalue weighted by atomic mass is 10.2. The summed E-state index contributed by atoms with van der Waals surface area (Å²) < 4.78 is 9.80. The van der Waals surface area contributed by atoms with Crippen molar-refractivity contribution < 1.29 is 14.3 Å². The van der Waals surface area contributed by atoms with Crippen LogP contribution in [-0.4, -0.2) is 25.8 Å². The van der Waals surface area contributed by atoms with E-state index >= 15 is 0 Å². The smallest absolute Gasteiger partial charge is 0.175 e. The number of rotatable bonds is 4. The highest BCUT2D eigenvalue weighted by Crippen LogP contribution is 2.13. The van der Waals surface area contributed by atoms with Crippen molar-refractivity contribution in [3.63, 3.8) is 0 Å². The predicted molar refractivity (Wildman–Crippen MR) is 37.4 cm³/mol. The molecule has 59 valence electrons. The normalized spacial score (nSPS) is 11.6. The van der Waals surface area contributed by atoms with E-state index in [-0.39, 0.29) is 5.78 Å². The van der Waals surface area contributed by atoms with E-state index < -0.39 is 5.79 Å². The molecule has 0 aliphatic rings. The number of methoxy groups -OCH3 is 2. The van der Waals surface area contributed by atoms with Gasteiger partial charge in [0.1, 0.15) is 5.78 Å².